The highest BCUT2D eigenvalue weighted by atomic mass is 16.5. The monoisotopic (exact) mass is 235 g/mol. The largest absolute Gasteiger partial charge is 0.497 e. The average molecular weight is 235 g/mol. The van der Waals surface area contributed by atoms with Gasteiger partial charge in [0.05, 0.1) is 13.2 Å². The minimum Gasteiger partial charge on any atom is -0.497 e. The van der Waals surface area contributed by atoms with E-state index in [1.54, 1.807) is 7.11 Å². The van der Waals surface area contributed by atoms with Crippen molar-refractivity contribution in [2.24, 2.45) is 11.7 Å². The summed E-state index contributed by atoms with van der Waals surface area (Å²) < 4.78 is 5.13. The number of aliphatic hydroxyl groups is 1. The highest BCUT2D eigenvalue weighted by Crippen LogP contribution is 2.36. The molecule has 3 N–H and O–H groups in total. The zero-order valence-electron chi connectivity index (χ0n) is 10.3. The van der Waals surface area contributed by atoms with E-state index in [0.29, 0.717) is 12.5 Å². The molecular formula is C14H21NO2. The fourth-order valence-electron chi connectivity index (χ4n) is 2.43. The Hall–Kier alpha value is -1.06. The number of nitrogens with two attached hydrogens (primary N) is 1. The maximum atomic E-state index is 10.3. The summed E-state index contributed by atoms with van der Waals surface area (Å²) in [5.74, 6) is 1.32. The predicted octanol–water partition coefficient (Wildman–Crippen LogP) is 1.90. The molecule has 1 aliphatic carbocycles. The van der Waals surface area contributed by atoms with Crippen molar-refractivity contribution >= 4 is 0 Å². The van der Waals surface area contributed by atoms with Crippen LogP contribution >= 0.6 is 0 Å². The van der Waals surface area contributed by atoms with Crippen LogP contribution in [0.25, 0.3) is 0 Å². The van der Waals surface area contributed by atoms with E-state index in [2.05, 4.69) is 0 Å². The summed E-state index contributed by atoms with van der Waals surface area (Å²) in [6, 6.07) is 7.84. The molecule has 1 saturated carbocycles. The molecule has 0 radical (unpaired) electrons. The van der Waals surface area contributed by atoms with Gasteiger partial charge in [-0.3, -0.25) is 0 Å². The fourth-order valence-corrected chi connectivity index (χ4v) is 2.43. The van der Waals surface area contributed by atoms with Crippen LogP contribution in [0.4, 0.5) is 0 Å². The van der Waals surface area contributed by atoms with Gasteiger partial charge in [-0.15, -0.1) is 0 Å². The SMILES string of the molecule is COc1ccc(C(CN)C(O)C2CCC2)cc1. The molecule has 1 aliphatic rings. The third-order valence-corrected chi connectivity index (χ3v) is 3.84. The van der Waals surface area contributed by atoms with E-state index in [0.717, 1.165) is 24.2 Å². The minimum absolute atomic E-state index is 0.0474. The highest BCUT2D eigenvalue weighted by Gasteiger charge is 2.31. The molecule has 2 rings (SSSR count). The third kappa shape index (κ3) is 2.61. The quantitative estimate of drug-likeness (QED) is 0.819. The van der Waals surface area contributed by atoms with Crippen LogP contribution < -0.4 is 10.5 Å². The van der Waals surface area contributed by atoms with Gasteiger partial charge >= 0.3 is 0 Å². The first-order chi connectivity index (χ1) is 8.26. The van der Waals surface area contributed by atoms with Crippen LogP contribution in [0.15, 0.2) is 24.3 Å². The summed E-state index contributed by atoms with van der Waals surface area (Å²) >= 11 is 0. The highest BCUT2D eigenvalue weighted by molar-refractivity contribution is 5.30. The molecule has 1 aromatic rings. The summed E-state index contributed by atoms with van der Waals surface area (Å²) in [4.78, 5) is 0. The van der Waals surface area contributed by atoms with Crippen molar-refractivity contribution < 1.29 is 9.84 Å². The summed E-state index contributed by atoms with van der Waals surface area (Å²) in [6.07, 6.45) is 3.20. The molecule has 3 heteroatoms. The summed E-state index contributed by atoms with van der Waals surface area (Å²) in [5, 5.41) is 10.3. The van der Waals surface area contributed by atoms with Gasteiger partial charge in [0.25, 0.3) is 0 Å². The zero-order valence-corrected chi connectivity index (χ0v) is 10.3. The molecule has 3 nitrogen and oxygen atoms in total. The Labute approximate surface area is 103 Å². The first-order valence-electron chi connectivity index (χ1n) is 6.28. The Kier molecular flexibility index (Phi) is 4.02. The van der Waals surface area contributed by atoms with Crippen LogP contribution in [0.1, 0.15) is 30.7 Å². The van der Waals surface area contributed by atoms with Gasteiger partial charge < -0.3 is 15.6 Å². The lowest BCUT2D eigenvalue weighted by Crippen LogP contribution is -2.35. The normalized spacial score (nSPS) is 19.5. The Morgan fingerprint density at radius 1 is 1.35 bits per heavy atom. The second-order valence-electron chi connectivity index (χ2n) is 4.80. The lowest BCUT2D eigenvalue weighted by molar-refractivity contribution is 0.0420. The van der Waals surface area contributed by atoms with Gasteiger partial charge in [0.2, 0.25) is 0 Å². The number of ether oxygens (including phenoxy) is 1. The Morgan fingerprint density at radius 2 is 2.00 bits per heavy atom. The minimum atomic E-state index is -0.304. The van der Waals surface area contributed by atoms with E-state index in [-0.39, 0.29) is 12.0 Å². The predicted molar refractivity (Wildman–Crippen MR) is 68.1 cm³/mol. The number of benzene rings is 1. The molecule has 2 unspecified atom stereocenters. The summed E-state index contributed by atoms with van der Waals surface area (Å²) in [7, 11) is 1.65. The van der Waals surface area contributed by atoms with Crippen molar-refractivity contribution in [3.63, 3.8) is 0 Å². The van der Waals surface area contributed by atoms with Crippen LogP contribution in [0, 0.1) is 5.92 Å². The van der Waals surface area contributed by atoms with Crippen LogP contribution in [-0.2, 0) is 0 Å². The Bertz CT molecular complexity index is 346. The number of methoxy groups -OCH3 is 1. The van der Waals surface area contributed by atoms with Crippen molar-refractivity contribution in [2.45, 2.75) is 31.3 Å². The molecular weight excluding hydrogens is 214 g/mol. The van der Waals surface area contributed by atoms with E-state index < -0.39 is 0 Å². The van der Waals surface area contributed by atoms with Gasteiger partial charge in [0.1, 0.15) is 5.75 Å². The first kappa shape index (κ1) is 12.4. The van der Waals surface area contributed by atoms with Crippen LogP contribution in [0.3, 0.4) is 0 Å². The number of hydrogen-bond donors (Lipinski definition) is 2. The van der Waals surface area contributed by atoms with E-state index >= 15 is 0 Å². The van der Waals surface area contributed by atoms with E-state index in [4.69, 9.17) is 10.5 Å². The van der Waals surface area contributed by atoms with Gasteiger partial charge in [-0.2, -0.15) is 0 Å². The second-order valence-corrected chi connectivity index (χ2v) is 4.80. The van der Waals surface area contributed by atoms with Crippen LogP contribution in [0.2, 0.25) is 0 Å². The van der Waals surface area contributed by atoms with Crippen molar-refractivity contribution in [1.29, 1.82) is 0 Å². The lowest BCUT2D eigenvalue weighted by atomic mass is 9.75. The molecule has 17 heavy (non-hydrogen) atoms. The van der Waals surface area contributed by atoms with Crippen LogP contribution in [-0.4, -0.2) is 24.9 Å². The van der Waals surface area contributed by atoms with Crippen molar-refractivity contribution in [3.05, 3.63) is 29.8 Å². The molecule has 0 spiro atoms. The van der Waals surface area contributed by atoms with Crippen molar-refractivity contribution in [2.75, 3.05) is 13.7 Å². The number of aliphatic hydroxyl groups excluding tert-OH is 1. The molecule has 0 heterocycles. The lowest BCUT2D eigenvalue weighted by Gasteiger charge is -2.35. The number of hydrogen-bond acceptors (Lipinski definition) is 3. The molecule has 0 saturated heterocycles. The zero-order chi connectivity index (χ0) is 12.3. The third-order valence-electron chi connectivity index (χ3n) is 3.84. The second kappa shape index (κ2) is 5.52. The average Bonchev–Trinajstić information content (AvgIpc) is 2.28. The Morgan fingerprint density at radius 3 is 2.41 bits per heavy atom. The van der Waals surface area contributed by atoms with E-state index in [1.165, 1.54) is 6.42 Å². The summed E-state index contributed by atoms with van der Waals surface area (Å²) in [5.41, 5.74) is 6.91. The van der Waals surface area contributed by atoms with Gasteiger partial charge in [0.15, 0.2) is 0 Å². The smallest absolute Gasteiger partial charge is 0.118 e. The maximum absolute atomic E-state index is 10.3. The van der Waals surface area contributed by atoms with Crippen LogP contribution in [0.5, 0.6) is 5.75 Å². The molecule has 0 bridgehead atoms. The molecule has 0 amide bonds. The molecule has 1 aromatic carbocycles. The van der Waals surface area contributed by atoms with E-state index in [9.17, 15) is 5.11 Å². The summed E-state index contributed by atoms with van der Waals surface area (Å²) in [6.45, 7) is 0.490. The molecule has 2 atom stereocenters. The van der Waals surface area contributed by atoms with Crippen molar-refractivity contribution in [3.8, 4) is 5.75 Å². The van der Waals surface area contributed by atoms with Gasteiger partial charge in [0, 0.05) is 12.5 Å². The van der Waals surface area contributed by atoms with Crippen molar-refractivity contribution in [1.82, 2.24) is 0 Å². The maximum Gasteiger partial charge on any atom is 0.118 e. The van der Waals surface area contributed by atoms with Gasteiger partial charge in [-0.05, 0) is 36.5 Å². The van der Waals surface area contributed by atoms with E-state index in [1.807, 2.05) is 24.3 Å². The molecule has 1 fully saturated rings. The fraction of sp³-hybridized carbons (Fsp3) is 0.571. The standard InChI is InChI=1S/C14H21NO2/c1-17-12-7-5-10(6-8-12)13(9-15)14(16)11-3-2-4-11/h5-8,11,13-14,16H,2-4,9,15H2,1H3. The molecule has 94 valence electrons. The Balaban J connectivity index is 2.10. The van der Waals surface area contributed by atoms with Gasteiger partial charge in [-0.1, -0.05) is 18.6 Å². The number of rotatable bonds is 5. The molecule has 0 aliphatic heterocycles. The topological polar surface area (TPSA) is 55.5 Å². The first-order valence-corrected chi connectivity index (χ1v) is 6.28. The van der Waals surface area contributed by atoms with Gasteiger partial charge in [-0.25, -0.2) is 0 Å². The molecule has 0 aromatic heterocycles.